The van der Waals surface area contributed by atoms with Gasteiger partial charge in [0.15, 0.2) is 5.16 Å². The molecule has 2 aromatic heterocycles. The van der Waals surface area contributed by atoms with Gasteiger partial charge in [-0.05, 0) is 38.1 Å². The molecule has 0 saturated heterocycles. The van der Waals surface area contributed by atoms with Crippen molar-refractivity contribution < 1.29 is 4.79 Å². The van der Waals surface area contributed by atoms with E-state index in [9.17, 15) is 4.79 Å². The zero-order chi connectivity index (χ0) is 16.9. The molecule has 3 rings (SSSR count). The third kappa shape index (κ3) is 3.80. The smallest absolute Gasteiger partial charge is 0.234 e. The van der Waals surface area contributed by atoms with Gasteiger partial charge in [0.1, 0.15) is 6.33 Å². The highest BCUT2D eigenvalue weighted by molar-refractivity contribution is 7.99. The molecule has 0 aliphatic carbocycles. The van der Waals surface area contributed by atoms with Crippen LogP contribution in [0.1, 0.15) is 19.9 Å². The summed E-state index contributed by atoms with van der Waals surface area (Å²) in [5, 5.41) is 19.6. The lowest BCUT2D eigenvalue weighted by molar-refractivity contribution is -0.113. The van der Waals surface area contributed by atoms with Crippen molar-refractivity contribution >= 4 is 23.4 Å². The number of carbonyl (C=O) groups excluding carboxylic acids is 1. The number of hydrogen-bond acceptors (Lipinski definition) is 6. The molecule has 0 bridgehead atoms. The first-order valence-electron chi connectivity index (χ1n) is 7.42. The quantitative estimate of drug-likeness (QED) is 0.690. The molecule has 9 heteroatoms. The van der Waals surface area contributed by atoms with E-state index in [0.717, 1.165) is 16.5 Å². The summed E-state index contributed by atoms with van der Waals surface area (Å²) in [6, 6.07) is 7.58. The third-order valence-electron chi connectivity index (χ3n) is 3.23. The molecule has 8 nitrogen and oxygen atoms in total. The Bertz CT molecular complexity index is 796. The number of nitrogens with one attached hydrogen (secondary N) is 1. The fourth-order valence-electron chi connectivity index (χ4n) is 2.04. The Balaban J connectivity index is 1.56. The minimum atomic E-state index is -0.0942. The molecule has 0 atom stereocenters. The molecular formula is C15H17N7OS. The number of anilines is 1. The van der Waals surface area contributed by atoms with E-state index in [1.807, 2.05) is 42.7 Å². The van der Waals surface area contributed by atoms with Crippen LogP contribution in [0.25, 0.3) is 5.69 Å². The first-order valence-corrected chi connectivity index (χ1v) is 8.41. The van der Waals surface area contributed by atoms with Crippen LogP contribution in [0.4, 0.5) is 5.69 Å². The van der Waals surface area contributed by atoms with Gasteiger partial charge in [-0.25, -0.2) is 0 Å². The second-order valence-corrected chi connectivity index (χ2v) is 6.26. The maximum absolute atomic E-state index is 12.1. The highest BCUT2D eigenvalue weighted by Gasteiger charge is 2.11. The van der Waals surface area contributed by atoms with Gasteiger partial charge in [-0.3, -0.25) is 4.79 Å². The molecule has 1 amide bonds. The van der Waals surface area contributed by atoms with Gasteiger partial charge in [-0.1, -0.05) is 11.8 Å². The molecule has 3 aromatic rings. The van der Waals surface area contributed by atoms with Crippen LogP contribution in [-0.4, -0.2) is 41.4 Å². The first-order chi connectivity index (χ1) is 11.6. The van der Waals surface area contributed by atoms with Crippen molar-refractivity contribution in [2.45, 2.75) is 25.0 Å². The molecule has 0 saturated carbocycles. The van der Waals surface area contributed by atoms with Crippen LogP contribution >= 0.6 is 11.8 Å². The van der Waals surface area contributed by atoms with E-state index in [1.54, 1.807) is 18.7 Å². The average Bonchev–Trinajstić information content (AvgIpc) is 3.25. The van der Waals surface area contributed by atoms with E-state index in [1.165, 1.54) is 16.6 Å². The van der Waals surface area contributed by atoms with Crippen molar-refractivity contribution in [2.24, 2.45) is 0 Å². The number of thioether (sulfide) groups is 1. The molecule has 124 valence electrons. The van der Waals surface area contributed by atoms with Gasteiger partial charge < -0.3 is 9.88 Å². The summed E-state index contributed by atoms with van der Waals surface area (Å²) in [7, 11) is 0. The summed E-state index contributed by atoms with van der Waals surface area (Å²) in [4.78, 5) is 13.6. The summed E-state index contributed by atoms with van der Waals surface area (Å²) >= 11 is 1.36. The SMILES string of the molecule is CC(C)n1cnnc1SCC(=O)Nc1ccc(-n2nccn2)cc1. The van der Waals surface area contributed by atoms with Crippen molar-refractivity contribution in [1.29, 1.82) is 0 Å². The fraction of sp³-hybridized carbons (Fsp3) is 0.267. The van der Waals surface area contributed by atoms with Crippen molar-refractivity contribution in [3.05, 3.63) is 43.0 Å². The van der Waals surface area contributed by atoms with Crippen LogP contribution in [0.5, 0.6) is 0 Å². The molecule has 0 fully saturated rings. The fourth-order valence-corrected chi connectivity index (χ4v) is 2.89. The van der Waals surface area contributed by atoms with Crippen LogP contribution < -0.4 is 5.32 Å². The summed E-state index contributed by atoms with van der Waals surface area (Å²) in [6.07, 6.45) is 4.90. The maximum atomic E-state index is 12.1. The highest BCUT2D eigenvalue weighted by atomic mass is 32.2. The Hall–Kier alpha value is -2.68. The third-order valence-corrected chi connectivity index (χ3v) is 4.19. The van der Waals surface area contributed by atoms with Crippen LogP contribution in [0.15, 0.2) is 48.1 Å². The van der Waals surface area contributed by atoms with E-state index in [2.05, 4.69) is 25.7 Å². The second-order valence-electron chi connectivity index (χ2n) is 5.32. The topological polar surface area (TPSA) is 90.5 Å². The van der Waals surface area contributed by atoms with Gasteiger partial charge in [0, 0.05) is 11.7 Å². The number of nitrogens with zero attached hydrogens (tertiary/aromatic N) is 6. The normalized spacial score (nSPS) is 11.0. The van der Waals surface area contributed by atoms with Gasteiger partial charge in [-0.15, -0.1) is 10.2 Å². The number of hydrogen-bond donors (Lipinski definition) is 1. The van der Waals surface area contributed by atoms with Crippen molar-refractivity contribution in [3.8, 4) is 5.69 Å². The molecule has 0 unspecified atom stereocenters. The minimum Gasteiger partial charge on any atom is -0.325 e. The lowest BCUT2D eigenvalue weighted by Crippen LogP contribution is -2.15. The monoisotopic (exact) mass is 343 g/mol. The number of amides is 1. The minimum absolute atomic E-state index is 0.0942. The molecule has 0 aliphatic rings. The van der Waals surface area contributed by atoms with E-state index in [4.69, 9.17) is 0 Å². The number of benzene rings is 1. The highest BCUT2D eigenvalue weighted by Crippen LogP contribution is 2.19. The molecule has 1 aromatic carbocycles. The Labute approximate surface area is 143 Å². The largest absolute Gasteiger partial charge is 0.325 e. The van der Waals surface area contributed by atoms with Gasteiger partial charge in [0.2, 0.25) is 5.91 Å². The van der Waals surface area contributed by atoms with Crippen LogP contribution in [0, 0.1) is 0 Å². The van der Waals surface area contributed by atoms with E-state index in [0.29, 0.717) is 0 Å². The predicted molar refractivity (Wildman–Crippen MR) is 91.1 cm³/mol. The Morgan fingerprint density at radius 2 is 1.92 bits per heavy atom. The van der Waals surface area contributed by atoms with Crippen LogP contribution in [-0.2, 0) is 4.79 Å². The van der Waals surface area contributed by atoms with E-state index < -0.39 is 0 Å². The Morgan fingerprint density at radius 3 is 2.58 bits per heavy atom. The van der Waals surface area contributed by atoms with Crippen LogP contribution in [0.2, 0.25) is 0 Å². The van der Waals surface area contributed by atoms with Gasteiger partial charge >= 0.3 is 0 Å². The van der Waals surface area contributed by atoms with Crippen molar-refractivity contribution in [1.82, 2.24) is 29.8 Å². The molecule has 0 radical (unpaired) electrons. The molecule has 24 heavy (non-hydrogen) atoms. The lowest BCUT2D eigenvalue weighted by atomic mass is 10.3. The Morgan fingerprint density at radius 1 is 1.21 bits per heavy atom. The van der Waals surface area contributed by atoms with Crippen molar-refractivity contribution in [2.75, 3.05) is 11.1 Å². The zero-order valence-electron chi connectivity index (χ0n) is 13.3. The first kappa shape index (κ1) is 16.2. The number of carbonyl (C=O) groups is 1. The second kappa shape index (κ2) is 7.26. The zero-order valence-corrected chi connectivity index (χ0v) is 14.1. The summed E-state index contributed by atoms with van der Waals surface area (Å²) in [5.41, 5.74) is 1.55. The van der Waals surface area contributed by atoms with E-state index >= 15 is 0 Å². The Kier molecular flexibility index (Phi) is 4.90. The summed E-state index contributed by atoms with van der Waals surface area (Å²) < 4.78 is 1.93. The summed E-state index contributed by atoms with van der Waals surface area (Å²) in [5.74, 6) is 0.178. The summed E-state index contributed by atoms with van der Waals surface area (Å²) in [6.45, 7) is 4.09. The molecule has 0 aliphatic heterocycles. The molecule has 2 heterocycles. The molecule has 1 N–H and O–H groups in total. The van der Waals surface area contributed by atoms with Crippen molar-refractivity contribution in [3.63, 3.8) is 0 Å². The number of rotatable bonds is 6. The van der Waals surface area contributed by atoms with Gasteiger partial charge in [0.25, 0.3) is 0 Å². The van der Waals surface area contributed by atoms with Crippen LogP contribution in [0.3, 0.4) is 0 Å². The predicted octanol–water partition coefficient (Wildman–Crippen LogP) is 2.17. The maximum Gasteiger partial charge on any atom is 0.234 e. The molecule has 0 spiro atoms. The standard InChI is InChI=1S/C15H17N7OS/c1-11(2)21-10-16-20-15(21)24-9-14(23)19-12-3-5-13(6-4-12)22-17-7-8-18-22/h3-8,10-11H,9H2,1-2H3,(H,19,23). The lowest BCUT2D eigenvalue weighted by Gasteiger charge is -2.09. The van der Waals surface area contributed by atoms with Gasteiger partial charge in [-0.2, -0.15) is 15.0 Å². The molecular weight excluding hydrogens is 326 g/mol. The number of aromatic nitrogens is 6. The average molecular weight is 343 g/mol. The van der Waals surface area contributed by atoms with Gasteiger partial charge in [0.05, 0.1) is 23.8 Å². The van der Waals surface area contributed by atoms with E-state index in [-0.39, 0.29) is 17.7 Å².